The average molecular weight is 284 g/mol. The normalized spacial score (nSPS) is 22.1. The van der Waals surface area contributed by atoms with E-state index in [1.807, 2.05) is 11.8 Å². The van der Waals surface area contributed by atoms with Crippen molar-refractivity contribution in [2.45, 2.75) is 46.5 Å². The van der Waals surface area contributed by atoms with Gasteiger partial charge in [-0.25, -0.2) is 4.79 Å². The first-order valence-electron chi connectivity index (χ1n) is 7.77. The molecule has 1 N–H and O–H groups in total. The van der Waals surface area contributed by atoms with Gasteiger partial charge in [0.05, 0.1) is 5.92 Å². The van der Waals surface area contributed by atoms with Gasteiger partial charge < -0.3 is 14.9 Å². The monoisotopic (exact) mass is 284 g/mol. The fraction of sp³-hybridized carbons (Fsp3) is 0.867. The van der Waals surface area contributed by atoms with Crippen molar-refractivity contribution in [3.8, 4) is 0 Å². The second-order valence-electron chi connectivity index (χ2n) is 5.80. The average Bonchev–Trinajstić information content (AvgIpc) is 2.80. The summed E-state index contributed by atoms with van der Waals surface area (Å²) in [6.07, 6.45) is 4.12. The number of amides is 2. The number of nitrogens with zero attached hydrogens (tertiary/aromatic N) is 2. The van der Waals surface area contributed by atoms with Gasteiger partial charge in [0.2, 0.25) is 0 Å². The van der Waals surface area contributed by atoms with E-state index in [0.29, 0.717) is 13.1 Å². The maximum absolute atomic E-state index is 12.5. The van der Waals surface area contributed by atoms with Crippen molar-refractivity contribution in [3.05, 3.63) is 0 Å². The van der Waals surface area contributed by atoms with E-state index in [1.54, 1.807) is 4.90 Å². The third-order valence-electron chi connectivity index (χ3n) is 4.03. The number of rotatable bonds is 7. The van der Waals surface area contributed by atoms with Gasteiger partial charge in [-0.3, -0.25) is 4.79 Å². The van der Waals surface area contributed by atoms with Crippen LogP contribution in [0.3, 0.4) is 0 Å². The number of aliphatic carboxylic acids is 1. The second kappa shape index (κ2) is 8.12. The molecule has 1 aliphatic rings. The molecule has 0 spiro atoms. The summed E-state index contributed by atoms with van der Waals surface area (Å²) in [6, 6.07) is 0.0162. The molecule has 1 aliphatic heterocycles. The summed E-state index contributed by atoms with van der Waals surface area (Å²) in [6.45, 7) is 8.60. The number of urea groups is 1. The summed E-state index contributed by atoms with van der Waals surface area (Å²) >= 11 is 0. The lowest BCUT2D eigenvalue weighted by molar-refractivity contribution is -0.142. The number of carbonyl (C=O) groups excluding carboxylic acids is 1. The van der Waals surface area contributed by atoms with Crippen molar-refractivity contribution in [2.24, 2.45) is 11.8 Å². The van der Waals surface area contributed by atoms with Crippen LogP contribution < -0.4 is 0 Å². The van der Waals surface area contributed by atoms with Gasteiger partial charge in [-0.15, -0.1) is 0 Å². The maximum atomic E-state index is 12.5. The summed E-state index contributed by atoms with van der Waals surface area (Å²) in [5, 5.41) is 9.15. The van der Waals surface area contributed by atoms with Crippen LogP contribution in [0.5, 0.6) is 0 Å². The minimum Gasteiger partial charge on any atom is -0.481 e. The number of carbonyl (C=O) groups is 2. The number of hydrogen-bond acceptors (Lipinski definition) is 2. The molecular formula is C15H28N2O3. The van der Waals surface area contributed by atoms with Crippen molar-refractivity contribution in [3.63, 3.8) is 0 Å². The molecule has 0 radical (unpaired) electrons. The van der Waals surface area contributed by atoms with Crippen LogP contribution in [0.4, 0.5) is 4.79 Å². The van der Waals surface area contributed by atoms with Crippen molar-refractivity contribution >= 4 is 12.0 Å². The van der Waals surface area contributed by atoms with Crippen LogP contribution in [-0.4, -0.2) is 53.1 Å². The molecule has 1 heterocycles. The molecule has 0 aromatic carbocycles. The van der Waals surface area contributed by atoms with E-state index in [2.05, 4.69) is 13.8 Å². The highest BCUT2D eigenvalue weighted by atomic mass is 16.4. The van der Waals surface area contributed by atoms with Gasteiger partial charge in [-0.1, -0.05) is 33.6 Å². The zero-order valence-corrected chi connectivity index (χ0v) is 13.0. The standard InChI is InChI=1S/C15H28N2O3/c1-4-6-8-16(9-7-5-2)15(20)17-10-12(3)13(11-17)14(18)19/h12-13H,4-11H2,1-3H3,(H,18,19)/t12-,13-/m1/s1. The molecule has 0 unspecified atom stereocenters. The quantitative estimate of drug-likeness (QED) is 0.782. The molecule has 5 heteroatoms. The number of carboxylic acids is 1. The van der Waals surface area contributed by atoms with Crippen molar-refractivity contribution in [2.75, 3.05) is 26.2 Å². The lowest BCUT2D eigenvalue weighted by Crippen LogP contribution is -2.43. The van der Waals surface area contributed by atoms with Crippen LogP contribution in [0.2, 0.25) is 0 Å². The fourth-order valence-corrected chi connectivity index (χ4v) is 2.65. The number of hydrogen-bond donors (Lipinski definition) is 1. The Morgan fingerprint density at radius 2 is 1.70 bits per heavy atom. The molecule has 0 aliphatic carbocycles. The predicted octanol–water partition coefficient (Wildman–Crippen LogP) is 2.66. The van der Waals surface area contributed by atoms with Gasteiger partial charge in [0, 0.05) is 26.2 Å². The Hall–Kier alpha value is -1.26. The summed E-state index contributed by atoms with van der Waals surface area (Å²) in [5.41, 5.74) is 0. The minimum atomic E-state index is -0.790. The molecule has 20 heavy (non-hydrogen) atoms. The lowest BCUT2D eigenvalue weighted by atomic mass is 9.99. The van der Waals surface area contributed by atoms with E-state index in [1.165, 1.54) is 0 Å². The fourth-order valence-electron chi connectivity index (χ4n) is 2.65. The first-order chi connectivity index (χ1) is 9.51. The van der Waals surface area contributed by atoms with Gasteiger partial charge in [0.25, 0.3) is 0 Å². The van der Waals surface area contributed by atoms with E-state index in [-0.39, 0.29) is 11.9 Å². The van der Waals surface area contributed by atoms with Crippen LogP contribution in [0.25, 0.3) is 0 Å². The Morgan fingerprint density at radius 1 is 1.15 bits per heavy atom. The van der Waals surface area contributed by atoms with Crippen LogP contribution in [0.15, 0.2) is 0 Å². The van der Waals surface area contributed by atoms with E-state index in [9.17, 15) is 9.59 Å². The molecular weight excluding hydrogens is 256 g/mol. The highest BCUT2D eigenvalue weighted by Gasteiger charge is 2.38. The van der Waals surface area contributed by atoms with Crippen LogP contribution in [0, 0.1) is 11.8 Å². The largest absolute Gasteiger partial charge is 0.481 e. The molecule has 0 aromatic rings. The van der Waals surface area contributed by atoms with Gasteiger partial charge in [0.15, 0.2) is 0 Å². The predicted molar refractivity (Wildman–Crippen MR) is 78.6 cm³/mol. The third-order valence-corrected chi connectivity index (χ3v) is 4.03. The highest BCUT2D eigenvalue weighted by Crippen LogP contribution is 2.24. The number of likely N-dealkylation sites (tertiary alicyclic amines) is 1. The molecule has 2 atom stereocenters. The van der Waals surface area contributed by atoms with E-state index in [4.69, 9.17) is 5.11 Å². The zero-order chi connectivity index (χ0) is 15.1. The Morgan fingerprint density at radius 3 is 2.10 bits per heavy atom. The van der Waals surface area contributed by atoms with E-state index in [0.717, 1.165) is 38.8 Å². The summed E-state index contributed by atoms with van der Waals surface area (Å²) in [4.78, 5) is 27.3. The summed E-state index contributed by atoms with van der Waals surface area (Å²) in [5.74, 6) is -1.17. The summed E-state index contributed by atoms with van der Waals surface area (Å²) in [7, 11) is 0. The van der Waals surface area contributed by atoms with Crippen molar-refractivity contribution < 1.29 is 14.7 Å². The molecule has 2 amide bonds. The van der Waals surface area contributed by atoms with E-state index < -0.39 is 11.9 Å². The first-order valence-corrected chi connectivity index (χ1v) is 7.77. The van der Waals surface area contributed by atoms with Gasteiger partial charge in [-0.05, 0) is 18.8 Å². The van der Waals surface area contributed by atoms with Crippen LogP contribution in [0.1, 0.15) is 46.5 Å². The molecule has 0 saturated carbocycles. The molecule has 116 valence electrons. The Kier molecular flexibility index (Phi) is 6.82. The van der Waals surface area contributed by atoms with Crippen LogP contribution in [-0.2, 0) is 4.79 Å². The molecule has 1 fully saturated rings. The topological polar surface area (TPSA) is 60.9 Å². The molecule has 0 bridgehead atoms. The van der Waals surface area contributed by atoms with Crippen molar-refractivity contribution in [1.29, 1.82) is 0 Å². The highest BCUT2D eigenvalue weighted by molar-refractivity contribution is 5.77. The van der Waals surface area contributed by atoms with Gasteiger partial charge in [0.1, 0.15) is 0 Å². The van der Waals surface area contributed by atoms with Gasteiger partial charge >= 0.3 is 12.0 Å². The molecule has 1 rings (SSSR count). The SMILES string of the molecule is CCCCN(CCCC)C(=O)N1C[C@@H](C)[C@H](C(=O)O)C1. The Balaban J connectivity index is 2.62. The zero-order valence-electron chi connectivity index (χ0n) is 13.0. The number of unbranched alkanes of at least 4 members (excludes halogenated alkanes) is 2. The molecule has 5 nitrogen and oxygen atoms in total. The minimum absolute atomic E-state index is 0.0162. The number of carboxylic acid groups (broad SMARTS) is 1. The second-order valence-corrected chi connectivity index (χ2v) is 5.80. The summed E-state index contributed by atoms with van der Waals surface area (Å²) < 4.78 is 0. The Bertz CT molecular complexity index is 325. The smallest absolute Gasteiger partial charge is 0.320 e. The molecule has 1 saturated heterocycles. The van der Waals surface area contributed by atoms with Gasteiger partial charge in [-0.2, -0.15) is 0 Å². The maximum Gasteiger partial charge on any atom is 0.320 e. The van der Waals surface area contributed by atoms with E-state index >= 15 is 0 Å². The lowest BCUT2D eigenvalue weighted by Gasteiger charge is -2.28. The first kappa shape index (κ1) is 16.8. The van der Waals surface area contributed by atoms with Crippen LogP contribution >= 0.6 is 0 Å². The van der Waals surface area contributed by atoms with Crippen molar-refractivity contribution in [1.82, 2.24) is 9.80 Å². The molecule has 0 aromatic heterocycles. The third kappa shape index (κ3) is 4.39. The Labute approximate surface area is 121 Å².